The first-order valence-electron chi connectivity index (χ1n) is 7.10. The molecule has 4 heteroatoms. The van der Waals surface area contributed by atoms with Crippen LogP contribution in [0.5, 0.6) is 0 Å². The average Bonchev–Trinajstić information content (AvgIpc) is 2.40. The third kappa shape index (κ3) is 5.63. The zero-order valence-corrected chi connectivity index (χ0v) is 16.0. The molecule has 0 atom stereocenters. The molecule has 22 heavy (non-hydrogen) atoms. The summed E-state index contributed by atoms with van der Waals surface area (Å²) in [6, 6.07) is 7.52. The summed E-state index contributed by atoms with van der Waals surface area (Å²) in [6.45, 7) is 13.0. The summed E-state index contributed by atoms with van der Waals surface area (Å²) < 4.78 is 0. The fourth-order valence-corrected chi connectivity index (χ4v) is 2.52. The Morgan fingerprint density at radius 1 is 0.636 bits per heavy atom. The molecule has 0 aliphatic heterocycles. The monoisotopic (exact) mass is 320 g/mol. The first-order valence-corrected chi connectivity index (χ1v) is 14.1. The second kappa shape index (κ2) is 6.68. The first-order chi connectivity index (χ1) is 10.1. The summed E-state index contributed by atoms with van der Waals surface area (Å²) in [5.74, 6) is 6.36. The van der Waals surface area contributed by atoms with E-state index in [1.165, 1.54) is 0 Å². The quantitative estimate of drug-likeness (QED) is 0.538. The molecule has 0 N–H and O–H groups in total. The van der Waals surface area contributed by atoms with Gasteiger partial charge in [-0.05, 0) is 12.1 Å². The lowest BCUT2D eigenvalue weighted by Gasteiger charge is -2.06. The van der Waals surface area contributed by atoms with E-state index in [-0.39, 0.29) is 0 Å². The summed E-state index contributed by atoms with van der Waals surface area (Å²) >= 11 is 0. The van der Waals surface area contributed by atoms with E-state index < -0.39 is 16.1 Å². The Morgan fingerprint density at radius 2 is 0.955 bits per heavy atom. The van der Waals surface area contributed by atoms with Gasteiger partial charge in [-0.25, -0.2) is 0 Å². The Bertz CT molecular complexity index is 718. The molecule has 1 aromatic rings. The molecule has 0 amide bonds. The lowest BCUT2D eigenvalue weighted by molar-refractivity contribution is 1.41. The summed E-state index contributed by atoms with van der Waals surface area (Å²) in [6.07, 6.45) is 0. The number of hydrogen-bond acceptors (Lipinski definition) is 2. The maximum Gasteiger partial charge on any atom is 0.129 e. The number of nitrogens with zero attached hydrogens (tertiary/aromatic N) is 2. The Morgan fingerprint density at radius 3 is 1.18 bits per heavy atom. The number of hydrogen-bond donors (Lipinski definition) is 0. The van der Waals surface area contributed by atoms with E-state index in [0.29, 0.717) is 11.1 Å². The molecule has 0 spiro atoms. The predicted molar refractivity (Wildman–Crippen MR) is 96.3 cm³/mol. The van der Waals surface area contributed by atoms with Crippen molar-refractivity contribution in [2.24, 2.45) is 0 Å². The molecule has 1 rings (SSSR count). The molecule has 0 aromatic heterocycles. The molecule has 0 bridgehead atoms. The van der Waals surface area contributed by atoms with Crippen LogP contribution >= 0.6 is 0 Å². The second-order valence-corrected chi connectivity index (χ2v) is 16.7. The topological polar surface area (TPSA) is 47.6 Å². The minimum absolute atomic E-state index is 0.362. The Balaban J connectivity index is 3.57. The lowest BCUT2D eigenvalue weighted by atomic mass is 10.0. The third-order valence-corrected chi connectivity index (χ3v) is 4.29. The van der Waals surface area contributed by atoms with Gasteiger partial charge in [0.15, 0.2) is 0 Å². The normalized spacial score (nSPS) is 10.4. The molecular weight excluding hydrogens is 300 g/mol. The van der Waals surface area contributed by atoms with Crippen LogP contribution in [0, 0.1) is 45.6 Å². The van der Waals surface area contributed by atoms with Gasteiger partial charge in [0, 0.05) is 11.1 Å². The zero-order chi connectivity index (χ0) is 17.0. The van der Waals surface area contributed by atoms with Crippen molar-refractivity contribution in [3.63, 3.8) is 0 Å². The van der Waals surface area contributed by atoms with Crippen LogP contribution < -0.4 is 0 Å². The van der Waals surface area contributed by atoms with Crippen molar-refractivity contribution in [3.05, 3.63) is 34.4 Å². The molecule has 0 saturated heterocycles. The van der Waals surface area contributed by atoms with Crippen LogP contribution in [0.25, 0.3) is 0 Å². The first kappa shape index (κ1) is 17.8. The maximum atomic E-state index is 9.18. The van der Waals surface area contributed by atoms with Crippen molar-refractivity contribution in [2.45, 2.75) is 39.3 Å². The van der Waals surface area contributed by atoms with E-state index in [9.17, 15) is 10.5 Å². The van der Waals surface area contributed by atoms with E-state index in [1.54, 1.807) is 12.1 Å². The molecular formula is C18H20N2Si2. The molecule has 0 aliphatic carbocycles. The number of rotatable bonds is 0. The van der Waals surface area contributed by atoms with Gasteiger partial charge in [-0.3, -0.25) is 0 Å². The van der Waals surface area contributed by atoms with Gasteiger partial charge in [-0.1, -0.05) is 51.1 Å². The van der Waals surface area contributed by atoms with Gasteiger partial charge in [0.25, 0.3) is 0 Å². The number of nitriles is 2. The van der Waals surface area contributed by atoms with Crippen LogP contribution in [0.4, 0.5) is 0 Å². The standard InChI is InChI=1S/C18H20N2Si2/c1-21(2,3)9-7-15-11-17(13-19)18(14-20)12-16(15)8-10-22(4,5)6/h11-12H,1-6H3. The average molecular weight is 321 g/mol. The van der Waals surface area contributed by atoms with Crippen molar-refractivity contribution in [1.29, 1.82) is 10.5 Å². The van der Waals surface area contributed by atoms with Crippen LogP contribution in [-0.2, 0) is 0 Å². The van der Waals surface area contributed by atoms with Crippen molar-refractivity contribution >= 4 is 16.1 Å². The highest BCUT2D eigenvalue weighted by atomic mass is 28.3. The predicted octanol–water partition coefficient (Wildman–Crippen LogP) is 3.89. The molecule has 0 aliphatic rings. The highest BCUT2D eigenvalue weighted by molar-refractivity contribution is 6.84. The van der Waals surface area contributed by atoms with Crippen LogP contribution in [0.3, 0.4) is 0 Å². The third-order valence-electron chi connectivity index (χ3n) is 2.54. The highest BCUT2D eigenvalue weighted by Gasteiger charge is 2.12. The van der Waals surface area contributed by atoms with Crippen molar-refractivity contribution in [3.8, 4) is 35.1 Å². The van der Waals surface area contributed by atoms with Gasteiger partial charge in [-0.15, -0.1) is 11.1 Å². The van der Waals surface area contributed by atoms with Gasteiger partial charge in [0.1, 0.15) is 28.3 Å². The second-order valence-electron chi connectivity index (χ2n) is 7.17. The van der Waals surface area contributed by atoms with Gasteiger partial charge in [0.05, 0.1) is 11.1 Å². The van der Waals surface area contributed by atoms with Crippen LogP contribution in [-0.4, -0.2) is 16.1 Å². The van der Waals surface area contributed by atoms with Gasteiger partial charge >= 0.3 is 0 Å². The molecule has 0 fully saturated rings. The smallest absolute Gasteiger partial charge is 0.129 e. The van der Waals surface area contributed by atoms with Crippen LogP contribution in [0.15, 0.2) is 12.1 Å². The van der Waals surface area contributed by atoms with E-state index in [4.69, 9.17) is 0 Å². The SMILES string of the molecule is C[Si](C)(C)C#Cc1cc(C#N)c(C#N)cc1C#C[Si](C)(C)C. The number of benzene rings is 1. The Kier molecular flexibility index (Phi) is 5.40. The van der Waals surface area contributed by atoms with Gasteiger partial charge in [0.2, 0.25) is 0 Å². The molecule has 1 aromatic carbocycles. The molecule has 2 nitrogen and oxygen atoms in total. The molecule has 0 unspecified atom stereocenters. The van der Waals surface area contributed by atoms with Crippen molar-refractivity contribution in [2.75, 3.05) is 0 Å². The summed E-state index contributed by atoms with van der Waals surface area (Å²) in [7, 11) is -3.04. The lowest BCUT2D eigenvalue weighted by Crippen LogP contribution is -2.17. The fraction of sp³-hybridized carbons (Fsp3) is 0.333. The van der Waals surface area contributed by atoms with Gasteiger partial charge in [-0.2, -0.15) is 10.5 Å². The van der Waals surface area contributed by atoms with Crippen molar-refractivity contribution in [1.82, 2.24) is 0 Å². The van der Waals surface area contributed by atoms with Crippen LogP contribution in [0.1, 0.15) is 22.3 Å². The summed E-state index contributed by atoms with van der Waals surface area (Å²) in [4.78, 5) is 0. The Labute approximate surface area is 135 Å². The van der Waals surface area contributed by atoms with Crippen molar-refractivity contribution < 1.29 is 0 Å². The van der Waals surface area contributed by atoms with E-state index in [2.05, 4.69) is 74.3 Å². The van der Waals surface area contributed by atoms with E-state index in [1.807, 2.05) is 0 Å². The maximum absolute atomic E-state index is 9.18. The zero-order valence-electron chi connectivity index (χ0n) is 14.0. The summed E-state index contributed by atoms with van der Waals surface area (Å²) in [5, 5.41) is 18.4. The minimum atomic E-state index is -1.52. The highest BCUT2D eigenvalue weighted by Crippen LogP contribution is 2.16. The molecule has 0 radical (unpaired) electrons. The van der Waals surface area contributed by atoms with E-state index in [0.717, 1.165) is 11.1 Å². The minimum Gasteiger partial charge on any atom is -0.192 e. The molecule has 0 saturated carbocycles. The van der Waals surface area contributed by atoms with Crippen LogP contribution in [0.2, 0.25) is 39.3 Å². The summed E-state index contributed by atoms with van der Waals surface area (Å²) in [5.41, 5.74) is 8.84. The molecule has 110 valence electrons. The largest absolute Gasteiger partial charge is 0.192 e. The molecule has 0 heterocycles. The Hall–Kier alpha value is -2.25. The van der Waals surface area contributed by atoms with E-state index >= 15 is 0 Å². The fourth-order valence-electron chi connectivity index (χ4n) is 1.50. The van der Waals surface area contributed by atoms with Gasteiger partial charge < -0.3 is 0 Å².